The Hall–Kier alpha value is -4.41. The molecule has 4 heterocycles. The largest absolute Gasteiger partial charge is 0.478 e. The Morgan fingerprint density at radius 1 is 1.30 bits per heavy atom. The van der Waals surface area contributed by atoms with E-state index in [2.05, 4.69) is 41.6 Å². The van der Waals surface area contributed by atoms with Crippen LogP contribution in [0.5, 0.6) is 0 Å². The molecule has 20 nitrogen and oxygen atoms in total. The lowest BCUT2D eigenvalue weighted by molar-refractivity contribution is -0.153. The van der Waals surface area contributed by atoms with E-state index in [-0.39, 0.29) is 53.1 Å². The maximum Gasteiger partial charge on any atom is 0.362 e. The van der Waals surface area contributed by atoms with Crippen molar-refractivity contribution in [2.75, 3.05) is 18.8 Å². The number of carboxylic acids is 1. The molecule has 1 saturated carbocycles. The predicted octanol–water partition coefficient (Wildman–Crippen LogP) is -2.78. The van der Waals surface area contributed by atoms with Crippen molar-refractivity contribution in [3.8, 4) is 0 Å². The number of anilines is 1. The Morgan fingerprint density at radius 3 is 2.64 bits per heavy atom. The van der Waals surface area contributed by atoms with Gasteiger partial charge in [0.25, 0.3) is 11.8 Å². The zero-order valence-corrected chi connectivity index (χ0v) is 24.6. The van der Waals surface area contributed by atoms with Crippen molar-refractivity contribution in [3.63, 3.8) is 0 Å². The summed E-state index contributed by atoms with van der Waals surface area (Å²) >= 11 is 0.969. The molecule has 0 bridgehead atoms. The smallest absolute Gasteiger partial charge is 0.362 e. The van der Waals surface area contributed by atoms with Crippen LogP contribution in [0.4, 0.5) is 5.13 Å². The zero-order chi connectivity index (χ0) is 31.6. The summed E-state index contributed by atoms with van der Waals surface area (Å²) in [5, 5.41) is 42.5. The molecule has 2 aliphatic heterocycles. The van der Waals surface area contributed by atoms with Crippen LogP contribution in [-0.4, -0.2) is 109 Å². The second-order valence-electron chi connectivity index (χ2n) is 10.3. The third kappa shape index (κ3) is 6.87. The van der Waals surface area contributed by atoms with Crippen LogP contribution in [0.2, 0.25) is 0 Å². The Balaban J connectivity index is 1.26. The Kier molecular flexibility index (Phi) is 8.67. The van der Waals surface area contributed by atoms with Gasteiger partial charge in [-0.15, -0.1) is 11.3 Å². The summed E-state index contributed by atoms with van der Waals surface area (Å²) in [6, 6.07) is -2.65. The van der Waals surface area contributed by atoms with Crippen LogP contribution < -0.4 is 27.0 Å². The fraction of sp³-hybridized carbons (Fsp3) is 0.545. The number of carbonyl (C=O) groups is 3. The first-order chi connectivity index (χ1) is 20.9. The van der Waals surface area contributed by atoms with Gasteiger partial charge in [-0.3, -0.25) is 19.6 Å². The molecule has 5 rings (SSSR count). The number of guanidine groups is 1. The molecule has 2 atom stereocenters. The number of nitrogens with one attached hydrogen (secondary N) is 5. The minimum Gasteiger partial charge on any atom is -0.478 e. The van der Waals surface area contributed by atoms with Crippen molar-refractivity contribution in [3.05, 3.63) is 23.0 Å². The number of carbonyl (C=O) groups excluding carboxylic acids is 2. The van der Waals surface area contributed by atoms with E-state index >= 15 is 0 Å². The van der Waals surface area contributed by atoms with Gasteiger partial charge in [-0.25, -0.2) is 14.1 Å². The Bertz CT molecular complexity index is 1580. The summed E-state index contributed by atoms with van der Waals surface area (Å²) in [6.45, 7) is 1.49. The number of nitrogens with two attached hydrogens (primary N) is 1. The van der Waals surface area contributed by atoms with Gasteiger partial charge < -0.3 is 36.9 Å². The van der Waals surface area contributed by atoms with Gasteiger partial charge in [-0.1, -0.05) is 5.16 Å². The molecule has 3 aliphatic rings. The topological polar surface area (TPSA) is 292 Å². The fourth-order valence-corrected chi connectivity index (χ4v) is 6.03. The van der Waals surface area contributed by atoms with E-state index < -0.39 is 51.5 Å². The number of rotatable bonds is 12. The number of carboxylic acid groups (broad SMARTS) is 1. The van der Waals surface area contributed by atoms with E-state index in [9.17, 15) is 32.5 Å². The number of piperidine rings is 1. The first-order valence-corrected chi connectivity index (χ1v) is 15.6. The summed E-state index contributed by atoms with van der Waals surface area (Å²) in [4.78, 5) is 47.7. The number of β-lactam (4-membered cyclic amide) rings is 1. The number of nitrogen functional groups attached to an aromatic ring is 1. The predicted molar refractivity (Wildman–Crippen MR) is 151 cm³/mol. The van der Waals surface area contributed by atoms with Crippen molar-refractivity contribution in [2.45, 2.75) is 62.5 Å². The van der Waals surface area contributed by atoms with Crippen molar-refractivity contribution in [1.82, 2.24) is 45.6 Å². The maximum absolute atomic E-state index is 13.3. The van der Waals surface area contributed by atoms with Gasteiger partial charge >= 0.3 is 16.3 Å². The maximum atomic E-state index is 13.3. The van der Waals surface area contributed by atoms with Crippen LogP contribution in [0.15, 0.2) is 16.7 Å². The molecule has 2 saturated heterocycles. The number of aromatic nitrogens is 4. The Morgan fingerprint density at radius 2 is 2.02 bits per heavy atom. The number of amides is 2. The van der Waals surface area contributed by atoms with Crippen LogP contribution in [0, 0.1) is 5.41 Å². The molecular formula is C22H30N12O8S2. The van der Waals surface area contributed by atoms with Crippen molar-refractivity contribution < 1.29 is 37.3 Å². The lowest BCUT2D eigenvalue weighted by Gasteiger charge is -2.43. The number of aliphatic carboxylic acids is 1. The average Bonchev–Trinajstić information content (AvgIpc) is 3.43. The molecule has 238 valence electrons. The number of nitrogens with zero attached hydrogens (tertiary/aromatic N) is 6. The molecule has 0 spiro atoms. The highest BCUT2D eigenvalue weighted by atomic mass is 32.2. The van der Waals surface area contributed by atoms with Gasteiger partial charge in [-0.2, -0.15) is 23.4 Å². The van der Waals surface area contributed by atoms with E-state index in [1.54, 1.807) is 0 Å². The fourth-order valence-electron chi connectivity index (χ4n) is 4.61. The highest BCUT2D eigenvalue weighted by Crippen LogP contribution is 2.40. The first-order valence-electron chi connectivity index (χ1n) is 13.4. The molecule has 3 fully saturated rings. The van der Waals surface area contributed by atoms with Crippen molar-refractivity contribution >= 4 is 56.2 Å². The van der Waals surface area contributed by atoms with Gasteiger partial charge in [0, 0.05) is 24.3 Å². The first kappa shape index (κ1) is 31.0. The lowest BCUT2D eigenvalue weighted by atomic mass is 9.98. The normalized spacial score (nSPS) is 21.7. The third-order valence-corrected chi connectivity index (χ3v) is 8.78. The quantitative estimate of drug-likeness (QED) is 0.0377. The van der Waals surface area contributed by atoms with Crippen molar-refractivity contribution in [1.29, 1.82) is 5.41 Å². The van der Waals surface area contributed by atoms with Crippen LogP contribution in [0.25, 0.3) is 0 Å². The van der Waals surface area contributed by atoms with E-state index in [4.69, 9.17) is 16.0 Å². The molecule has 0 radical (unpaired) electrons. The number of hydrogen-bond donors (Lipinski definition) is 8. The minimum absolute atomic E-state index is 0.0627. The average molecular weight is 655 g/mol. The van der Waals surface area contributed by atoms with Gasteiger partial charge in [0.05, 0.1) is 19.3 Å². The minimum atomic E-state index is -5.02. The van der Waals surface area contributed by atoms with E-state index in [0.29, 0.717) is 5.69 Å². The molecule has 2 aromatic rings. The molecule has 9 N–H and O–H groups in total. The molecular weight excluding hydrogens is 624 g/mol. The summed E-state index contributed by atoms with van der Waals surface area (Å²) in [5.74, 6) is -3.34. The summed E-state index contributed by atoms with van der Waals surface area (Å²) in [5.41, 5.74) is 3.91. The molecule has 22 heteroatoms. The van der Waals surface area contributed by atoms with Gasteiger partial charge in [0.2, 0.25) is 5.60 Å². The zero-order valence-electron chi connectivity index (χ0n) is 23.0. The van der Waals surface area contributed by atoms with Crippen LogP contribution >= 0.6 is 11.3 Å². The summed E-state index contributed by atoms with van der Waals surface area (Å²) in [7, 11) is -5.02. The second-order valence-corrected chi connectivity index (χ2v) is 12.5. The van der Waals surface area contributed by atoms with Crippen LogP contribution in [-0.2, 0) is 42.6 Å². The standard InChI is InChI=1S/C22H30N12O8S2/c23-20(28-11-1-5-25-6-2-11)26-7-12-8-27-33(31-12)9-14-16(18(36)34(14)44(39,40)41)30-17(35)15(13-10-43-21(24)29-13)32-42-22(3-4-22)19(37)38/h8,10-11,14,16,25H,1-7,9H2,(H2,24,29)(H,30,35)(H,37,38)(H3,23,26,28)(H,39,40,41)/b32-15-. The van der Waals surface area contributed by atoms with Crippen LogP contribution in [0.1, 0.15) is 37.1 Å². The number of oxime groups is 1. The molecule has 0 aromatic carbocycles. The van der Waals surface area contributed by atoms with Crippen molar-refractivity contribution in [2.24, 2.45) is 5.16 Å². The SMILES string of the molecule is N=C(NCc1cnn(CC2C(NC(=O)/C(=N\OC3(C(=O)O)CC3)c3csc(N)n3)C(=O)N2S(=O)(=O)O)n1)NC1CCNCC1. The van der Waals surface area contributed by atoms with Gasteiger partial charge in [-0.05, 0) is 25.9 Å². The molecule has 2 unspecified atom stereocenters. The number of hydrogen-bond acceptors (Lipinski definition) is 14. The highest BCUT2D eigenvalue weighted by molar-refractivity contribution is 7.84. The molecule has 2 aromatic heterocycles. The molecule has 44 heavy (non-hydrogen) atoms. The molecule has 2 amide bonds. The number of thiazole rings is 1. The summed E-state index contributed by atoms with van der Waals surface area (Å²) in [6.07, 6.45) is 3.46. The highest BCUT2D eigenvalue weighted by Gasteiger charge is 2.56. The molecule has 1 aliphatic carbocycles. The third-order valence-electron chi connectivity index (χ3n) is 7.16. The van der Waals surface area contributed by atoms with Crippen LogP contribution in [0.3, 0.4) is 0 Å². The van der Waals surface area contributed by atoms with E-state index in [0.717, 1.165) is 42.1 Å². The Labute approximate surface area is 253 Å². The second kappa shape index (κ2) is 12.3. The van der Waals surface area contributed by atoms with Gasteiger partial charge in [0.1, 0.15) is 23.5 Å². The lowest BCUT2D eigenvalue weighted by Crippen LogP contribution is -2.73. The van der Waals surface area contributed by atoms with Gasteiger partial charge in [0.15, 0.2) is 16.8 Å². The van der Waals surface area contributed by atoms with E-state index in [1.165, 1.54) is 11.6 Å². The monoisotopic (exact) mass is 654 g/mol. The summed E-state index contributed by atoms with van der Waals surface area (Å²) < 4.78 is 33.8. The van der Waals surface area contributed by atoms with E-state index in [1.807, 2.05) is 0 Å².